The van der Waals surface area contributed by atoms with Gasteiger partial charge in [0.25, 0.3) is 0 Å². The largest absolute Gasteiger partial charge is 0.481 e. The smallest absolute Gasteiger partial charge is 0.306 e. The Morgan fingerprint density at radius 3 is 2.14 bits per heavy atom. The van der Waals surface area contributed by atoms with Crippen LogP contribution in [0, 0.1) is 17.3 Å². The summed E-state index contributed by atoms with van der Waals surface area (Å²) >= 11 is 0. The lowest BCUT2D eigenvalue weighted by Gasteiger charge is -2.56. The molecule has 2 saturated carbocycles. The topological polar surface area (TPSA) is 54.4 Å². The van der Waals surface area contributed by atoms with Crippen LogP contribution in [-0.2, 0) is 9.59 Å². The summed E-state index contributed by atoms with van der Waals surface area (Å²) in [5.41, 5.74) is 0.249. The molecule has 0 aromatic heterocycles. The number of carboxylic acids is 1. The molecule has 0 aromatic rings. The number of aliphatic carboxylic acids is 1. The first-order valence-corrected chi connectivity index (χ1v) is 5.32. The minimum atomic E-state index is -0.666. The van der Waals surface area contributed by atoms with Gasteiger partial charge in [0.15, 0.2) is 0 Å². The van der Waals surface area contributed by atoms with Crippen molar-refractivity contribution in [1.29, 1.82) is 0 Å². The molecule has 78 valence electrons. The lowest BCUT2D eigenvalue weighted by molar-refractivity contribution is -0.160. The number of ketones is 1. The van der Waals surface area contributed by atoms with E-state index in [1.807, 2.05) is 6.92 Å². The molecule has 2 aliphatic carbocycles. The average Bonchev–Trinajstić information content (AvgIpc) is 1.98. The predicted octanol–water partition coefficient (Wildman–Crippen LogP) is 1.86. The van der Waals surface area contributed by atoms with Crippen LogP contribution in [0.2, 0.25) is 0 Å². The van der Waals surface area contributed by atoms with Gasteiger partial charge in [-0.25, -0.2) is 0 Å². The van der Waals surface area contributed by atoms with Crippen LogP contribution in [0.4, 0.5) is 0 Å². The van der Waals surface area contributed by atoms with E-state index in [1.54, 1.807) is 0 Å². The number of hydrogen-bond acceptors (Lipinski definition) is 2. The Labute approximate surface area is 83.5 Å². The molecule has 0 bridgehead atoms. The molecule has 0 saturated heterocycles. The average molecular weight is 196 g/mol. The zero-order valence-corrected chi connectivity index (χ0v) is 8.45. The van der Waals surface area contributed by atoms with E-state index in [0.29, 0.717) is 12.2 Å². The fourth-order valence-electron chi connectivity index (χ4n) is 3.00. The molecular weight excluding hydrogens is 180 g/mol. The molecule has 2 fully saturated rings. The molecule has 0 unspecified atom stereocenters. The van der Waals surface area contributed by atoms with Gasteiger partial charge in [0.2, 0.25) is 0 Å². The highest BCUT2D eigenvalue weighted by atomic mass is 16.4. The van der Waals surface area contributed by atoms with Gasteiger partial charge in [-0.05, 0) is 31.1 Å². The van der Waals surface area contributed by atoms with Crippen molar-refractivity contribution in [3.8, 4) is 0 Å². The van der Waals surface area contributed by atoms with E-state index in [2.05, 4.69) is 0 Å². The second-order valence-electron chi connectivity index (χ2n) is 4.87. The summed E-state index contributed by atoms with van der Waals surface area (Å²) in [7, 11) is 0. The minimum Gasteiger partial charge on any atom is -0.481 e. The van der Waals surface area contributed by atoms with E-state index in [0.717, 1.165) is 25.7 Å². The Kier molecular flexibility index (Phi) is 2.13. The van der Waals surface area contributed by atoms with Gasteiger partial charge in [0.1, 0.15) is 5.78 Å². The normalized spacial score (nSPS) is 40.1. The van der Waals surface area contributed by atoms with E-state index >= 15 is 0 Å². The Balaban J connectivity index is 1.79. The van der Waals surface area contributed by atoms with Crippen LogP contribution in [0.3, 0.4) is 0 Å². The molecule has 0 radical (unpaired) electrons. The summed E-state index contributed by atoms with van der Waals surface area (Å²) in [6.07, 6.45) is 4.13. The Hall–Kier alpha value is -0.860. The van der Waals surface area contributed by atoms with Crippen molar-refractivity contribution in [1.82, 2.24) is 0 Å². The van der Waals surface area contributed by atoms with Crippen LogP contribution in [0.25, 0.3) is 0 Å². The second-order valence-corrected chi connectivity index (χ2v) is 4.87. The van der Waals surface area contributed by atoms with Crippen LogP contribution in [-0.4, -0.2) is 16.9 Å². The first-order valence-electron chi connectivity index (χ1n) is 5.32. The zero-order chi connectivity index (χ0) is 10.3. The van der Waals surface area contributed by atoms with Crippen molar-refractivity contribution >= 4 is 11.8 Å². The van der Waals surface area contributed by atoms with Crippen LogP contribution in [0.15, 0.2) is 0 Å². The number of carbonyl (C=O) groups excluding carboxylic acids is 1. The van der Waals surface area contributed by atoms with Crippen molar-refractivity contribution in [2.75, 3.05) is 0 Å². The summed E-state index contributed by atoms with van der Waals surface area (Å²) in [6.45, 7) is 1.90. The van der Waals surface area contributed by atoms with E-state index in [-0.39, 0.29) is 17.3 Å². The van der Waals surface area contributed by atoms with Crippen LogP contribution in [0.1, 0.15) is 39.0 Å². The van der Waals surface area contributed by atoms with Crippen molar-refractivity contribution in [2.24, 2.45) is 17.3 Å². The summed E-state index contributed by atoms with van der Waals surface area (Å²) in [5.74, 6) is -0.197. The zero-order valence-electron chi connectivity index (χ0n) is 8.45. The number of rotatable bonds is 3. The molecular formula is C11H16O3. The molecule has 0 atom stereocenters. The highest BCUT2D eigenvalue weighted by molar-refractivity contribution is 5.82. The number of carbonyl (C=O) groups is 2. The molecule has 3 nitrogen and oxygen atoms in total. The maximum Gasteiger partial charge on any atom is 0.306 e. The maximum absolute atomic E-state index is 11.3. The quantitative estimate of drug-likeness (QED) is 0.749. The molecule has 2 aliphatic rings. The fourth-order valence-corrected chi connectivity index (χ4v) is 3.00. The summed E-state index contributed by atoms with van der Waals surface area (Å²) < 4.78 is 0. The fraction of sp³-hybridized carbons (Fsp3) is 0.818. The molecule has 0 aliphatic heterocycles. The van der Waals surface area contributed by atoms with Gasteiger partial charge >= 0.3 is 5.97 Å². The molecule has 0 heterocycles. The molecule has 0 amide bonds. The minimum absolute atomic E-state index is 0.132. The molecule has 2 rings (SSSR count). The van der Waals surface area contributed by atoms with E-state index in [1.165, 1.54) is 0 Å². The Bertz CT molecular complexity index is 268. The summed E-state index contributed by atoms with van der Waals surface area (Å²) in [6, 6.07) is 0. The summed E-state index contributed by atoms with van der Waals surface area (Å²) in [4.78, 5) is 21.9. The number of Topliss-reactive ketones (excluding diaryl/α,β-unsaturated/α-hetero) is 1. The lowest BCUT2D eigenvalue weighted by Crippen LogP contribution is -2.51. The molecule has 14 heavy (non-hydrogen) atoms. The van der Waals surface area contributed by atoms with Crippen molar-refractivity contribution in [3.63, 3.8) is 0 Å². The van der Waals surface area contributed by atoms with Crippen molar-refractivity contribution in [3.05, 3.63) is 0 Å². The third-order valence-electron chi connectivity index (χ3n) is 3.87. The van der Waals surface area contributed by atoms with Gasteiger partial charge < -0.3 is 5.11 Å². The molecule has 1 spiro atoms. The lowest BCUT2D eigenvalue weighted by atomic mass is 9.47. The number of carboxylic acid groups (broad SMARTS) is 1. The monoisotopic (exact) mass is 196 g/mol. The highest BCUT2D eigenvalue weighted by Crippen LogP contribution is 2.61. The van der Waals surface area contributed by atoms with E-state index in [9.17, 15) is 9.59 Å². The summed E-state index contributed by atoms with van der Waals surface area (Å²) in [5, 5.41) is 8.74. The molecule has 3 heteroatoms. The molecule has 1 N–H and O–H groups in total. The van der Waals surface area contributed by atoms with Gasteiger partial charge in [0, 0.05) is 12.3 Å². The van der Waals surface area contributed by atoms with Gasteiger partial charge in [-0.15, -0.1) is 0 Å². The Morgan fingerprint density at radius 1 is 1.21 bits per heavy atom. The number of hydrogen-bond donors (Lipinski definition) is 1. The third kappa shape index (κ3) is 1.35. The first kappa shape index (κ1) is 9.69. The maximum atomic E-state index is 11.3. The van der Waals surface area contributed by atoms with Gasteiger partial charge in [-0.1, -0.05) is 6.92 Å². The van der Waals surface area contributed by atoms with Gasteiger partial charge in [-0.3, -0.25) is 9.59 Å². The third-order valence-corrected chi connectivity index (χ3v) is 3.87. The van der Waals surface area contributed by atoms with Crippen molar-refractivity contribution in [2.45, 2.75) is 39.0 Å². The first-order chi connectivity index (χ1) is 6.56. The second kappa shape index (κ2) is 3.07. The standard InChI is InChI=1S/C11H16O3/c1-2-9(12)7-3-11(4-7)5-8(6-11)10(13)14/h7-8H,2-6H2,1H3,(H,13,14). The van der Waals surface area contributed by atoms with E-state index < -0.39 is 5.97 Å². The van der Waals surface area contributed by atoms with Gasteiger partial charge in [-0.2, -0.15) is 0 Å². The van der Waals surface area contributed by atoms with Crippen molar-refractivity contribution < 1.29 is 14.7 Å². The highest BCUT2D eigenvalue weighted by Gasteiger charge is 2.55. The SMILES string of the molecule is CCC(=O)C1CC2(CC(C(=O)O)C2)C1. The predicted molar refractivity (Wildman–Crippen MR) is 50.8 cm³/mol. The van der Waals surface area contributed by atoms with Crippen LogP contribution in [0.5, 0.6) is 0 Å². The Morgan fingerprint density at radius 2 is 1.71 bits per heavy atom. The molecule has 0 aromatic carbocycles. The van der Waals surface area contributed by atoms with Crippen LogP contribution < -0.4 is 0 Å². The van der Waals surface area contributed by atoms with Gasteiger partial charge in [0.05, 0.1) is 5.92 Å². The van der Waals surface area contributed by atoms with Crippen LogP contribution >= 0.6 is 0 Å². The van der Waals surface area contributed by atoms with E-state index in [4.69, 9.17) is 5.11 Å².